The molecular formula is C9H9N. The topological polar surface area (TPSA) is 12.9 Å². The number of nitrogens with zero attached hydrogens (tertiary/aromatic N) is 1. The average molecular weight is 131 g/mol. The number of allylic oxidation sites excluding steroid dienone is 1. The summed E-state index contributed by atoms with van der Waals surface area (Å²) in [5, 5.41) is 0. The third-order valence-electron chi connectivity index (χ3n) is 1.62. The molecule has 0 bridgehead atoms. The molecule has 0 unspecified atom stereocenters. The van der Waals surface area contributed by atoms with Gasteiger partial charge in [0.15, 0.2) is 0 Å². The molecule has 1 aliphatic rings. The number of pyridine rings is 1. The summed E-state index contributed by atoms with van der Waals surface area (Å²) in [7, 11) is 0. The van der Waals surface area contributed by atoms with Crippen LogP contribution in [0.4, 0.5) is 0 Å². The van der Waals surface area contributed by atoms with Gasteiger partial charge in [-0.3, -0.25) is 4.98 Å². The minimum atomic E-state index is 1.28. The van der Waals surface area contributed by atoms with Gasteiger partial charge in [0, 0.05) is 12.4 Å². The smallest absolute Gasteiger partial charge is 0.0273 e. The van der Waals surface area contributed by atoms with Crippen molar-refractivity contribution >= 4 is 6.08 Å². The molecule has 0 N–H and O–H groups in total. The normalized spacial score (nSPS) is 15.0. The van der Waals surface area contributed by atoms with E-state index in [4.69, 9.17) is 0 Å². The minimum absolute atomic E-state index is 1.28. The standard InChI is InChI=1S/C9H9N/c1-2-8(1)7-9-3-5-10-6-4-9/h3-7H,1-2H2. The lowest BCUT2D eigenvalue weighted by molar-refractivity contribution is 1.32. The zero-order chi connectivity index (χ0) is 6.81. The molecule has 0 amide bonds. The largest absolute Gasteiger partial charge is 0.265 e. The maximum absolute atomic E-state index is 3.94. The molecular weight excluding hydrogens is 122 g/mol. The molecule has 1 aromatic rings. The van der Waals surface area contributed by atoms with Gasteiger partial charge in [-0.15, -0.1) is 0 Å². The van der Waals surface area contributed by atoms with Crippen molar-refractivity contribution in [3.05, 3.63) is 35.7 Å². The van der Waals surface area contributed by atoms with Crippen molar-refractivity contribution in [1.29, 1.82) is 0 Å². The van der Waals surface area contributed by atoms with Crippen LogP contribution >= 0.6 is 0 Å². The molecule has 2 rings (SSSR count). The molecule has 0 aliphatic heterocycles. The molecule has 0 spiro atoms. The van der Waals surface area contributed by atoms with Gasteiger partial charge in [-0.25, -0.2) is 0 Å². The van der Waals surface area contributed by atoms with Gasteiger partial charge in [0.1, 0.15) is 0 Å². The Morgan fingerprint density at radius 1 is 1.20 bits per heavy atom. The second-order valence-electron chi connectivity index (χ2n) is 2.58. The van der Waals surface area contributed by atoms with Crippen LogP contribution in [0.3, 0.4) is 0 Å². The predicted octanol–water partition coefficient (Wildman–Crippen LogP) is 2.26. The Hall–Kier alpha value is -1.11. The Morgan fingerprint density at radius 3 is 2.50 bits per heavy atom. The van der Waals surface area contributed by atoms with Crippen LogP contribution in [0, 0.1) is 0 Å². The number of rotatable bonds is 1. The number of hydrogen-bond donors (Lipinski definition) is 0. The molecule has 0 radical (unpaired) electrons. The first-order chi connectivity index (χ1) is 4.95. The molecule has 1 aliphatic carbocycles. The minimum Gasteiger partial charge on any atom is -0.265 e. The average Bonchev–Trinajstić information content (AvgIpc) is 2.74. The Balaban J connectivity index is 2.26. The highest BCUT2D eigenvalue weighted by Crippen LogP contribution is 2.29. The van der Waals surface area contributed by atoms with Gasteiger partial charge < -0.3 is 0 Å². The first-order valence-electron chi connectivity index (χ1n) is 3.54. The van der Waals surface area contributed by atoms with E-state index in [2.05, 4.69) is 11.1 Å². The van der Waals surface area contributed by atoms with Crippen molar-refractivity contribution in [3.8, 4) is 0 Å². The van der Waals surface area contributed by atoms with E-state index < -0.39 is 0 Å². The summed E-state index contributed by atoms with van der Waals surface area (Å²) < 4.78 is 0. The fraction of sp³-hybridized carbons (Fsp3) is 0.222. The fourth-order valence-corrected chi connectivity index (χ4v) is 0.912. The first-order valence-corrected chi connectivity index (χ1v) is 3.54. The fourth-order valence-electron chi connectivity index (χ4n) is 0.912. The van der Waals surface area contributed by atoms with Crippen molar-refractivity contribution < 1.29 is 0 Å². The number of aromatic nitrogens is 1. The van der Waals surface area contributed by atoms with Gasteiger partial charge in [-0.1, -0.05) is 11.6 Å². The molecule has 0 saturated heterocycles. The van der Waals surface area contributed by atoms with E-state index in [1.165, 1.54) is 18.4 Å². The Kier molecular flexibility index (Phi) is 1.28. The van der Waals surface area contributed by atoms with Gasteiger partial charge >= 0.3 is 0 Å². The molecule has 0 aromatic carbocycles. The molecule has 1 heteroatoms. The van der Waals surface area contributed by atoms with Crippen LogP contribution < -0.4 is 0 Å². The van der Waals surface area contributed by atoms with Crippen molar-refractivity contribution in [2.75, 3.05) is 0 Å². The van der Waals surface area contributed by atoms with Gasteiger partial charge in [-0.2, -0.15) is 0 Å². The van der Waals surface area contributed by atoms with E-state index in [1.54, 1.807) is 5.57 Å². The molecule has 1 nitrogen and oxygen atoms in total. The van der Waals surface area contributed by atoms with Crippen LogP contribution in [0.15, 0.2) is 30.1 Å². The van der Waals surface area contributed by atoms with Gasteiger partial charge in [0.2, 0.25) is 0 Å². The summed E-state index contributed by atoms with van der Waals surface area (Å²) in [5.41, 5.74) is 2.84. The van der Waals surface area contributed by atoms with Crippen LogP contribution in [0.25, 0.3) is 6.08 Å². The first kappa shape index (κ1) is 5.66. The van der Waals surface area contributed by atoms with Gasteiger partial charge in [-0.05, 0) is 30.5 Å². The lowest BCUT2D eigenvalue weighted by Crippen LogP contribution is -1.70. The maximum Gasteiger partial charge on any atom is 0.0273 e. The van der Waals surface area contributed by atoms with Crippen LogP contribution in [-0.2, 0) is 0 Å². The summed E-state index contributed by atoms with van der Waals surface area (Å²) in [4.78, 5) is 3.94. The molecule has 0 atom stereocenters. The van der Waals surface area contributed by atoms with Crippen molar-refractivity contribution in [2.45, 2.75) is 12.8 Å². The summed E-state index contributed by atoms with van der Waals surface area (Å²) in [5.74, 6) is 0. The van der Waals surface area contributed by atoms with Crippen molar-refractivity contribution in [2.24, 2.45) is 0 Å². The van der Waals surface area contributed by atoms with Gasteiger partial charge in [0.25, 0.3) is 0 Å². The third-order valence-corrected chi connectivity index (χ3v) is 1.62. The Bertz CT molecular complexity index is 243. The highest BCUT2D eigenvalue weighted by molar-refractivity contribution is 5.55. The Morgan fingerprint density at radius 2 is 1.90 bits per heavy atom. The van der Waals surface area contributed by atoms with Crippen LogP contribution in [-0.4, -0.2) is 4.98 Å². The lowest BCUT2D eigenvalue weighted by Gasteiger charge is -1.87. The highest BCUT2D eigenvalue weighted by Gasteiger charge is 2.09. The molecule has 50 valence electrons. The van der Waals surface area contributed by atoms with E-state index in [-0.39, 0.29) is 0 Å². The van der Waals surface area contributed by atoms with Crippen LogP contribution in [0.1, 0.15) is 18.4 Å². The summed E-state index contributed by atoms with van der Waals surface area (Å²) in [6.45, 7) is 0. The molecule has 1 heterocycles. The second kappa shape index (κ2) is 2.25. The number of hydrogen-bond acceptors (Lipinski definition) is 1. The lowest BCUT2D eigenvalue weighted by atomic mass is 10.2. The van der Waals surface area contributed by atoms with E-state index in [9.17, 15) is 0 Å². The van der Waals surface area contributed by atoms with Crippen molar-refractivity contribution in [3.63, 3.8) is 0 Å². The molecule has 1 saturated carbocycles. The van der Waals surface area contributed by atoms with E-state index in [1.807, 2.05) is 24.5 Å². The summed E-state index contributed by atoms with van der Waals surface area (Å²) in [6.07, 6.45) is 8.48. The van der Waals surface area contributed by atoms with E-state index >= 15 is 0 Å². The van der Waals surface area contributed by atoms with Crippen LogP contribution in [0.5, 0.6) is 0 Å². The summed E-state index contributed by atoms with van der Waals surface area (Å²) in [6, 6.07) is 4.07. The molecule has 1 fully saturated rings. The zero-order valence-corrected chi connectivity index (χ0v) is 5.75. The second-order valence-corrected chi connectivity index (χ2v) is 2.58. The van der Waals surface area contributed by atoms with E-state index in [0.29, 0.717) is 0 Å². The molecule has 10 heavy (non-hydrogen) atoms. The van der Waals surface area contributed by atoms with E-state index in [0.717, 1.165) is 0 Å². The summed E-state index contributed by atoms with van der Waals surface area (Å²) >= 11 is 0. The highest BCUT2D eigenvalue weighted by atomic mass is 14.6. The maximum atomic E-state index is 3.94. The zero-order valence-electron chi connectivity index (χ0n) is 5.75. The SMILES string of the molecule is C(=C1CC1)c1ccncc1. The third kappa shape index (κ3) is 1.24. The van der Waals surface area contributed by atoms with Crippen molar-refractivity contribution in [1.82, 2.24) is 4.98 Å². The quantitative estimate of drug-likeness (QED) is 0.569. The Labute approximate surface area is 60.4 Å². The molecule has 1 aromatic heterocycles. The van der Waals surface area contributed by atoms with Crippen LogP contribution in [0.2, 0.25) is 0 Å². The monoisotopic (exact) mass is 131 g/mol. The van der Waals surface area contributed by atoms with Gasteiger partial charge in [0.05, 0.1) is 0 Å². The predicted molar refractivity (Wildman–Crippen MR) is 41.4 cm³/mol.